The van der Waals surface area contributed by atoms with Crippen LogP contribution in [-0.2, 0) is 13.1 Å². The van der Waals surface area contributed by atoms with E-state index in [1.807, 2.05) is 26.4 Å². The third kappa shape index (κ3) is 3.38. The predicted octanol–water partition coefficient (Wildman–Crippen LogP) is 1.49. The molecule has 3 aromatic heterocycles. The van der Waals surface area contributed by atoms with E-state index in [0.29, 0.717) is 12.1 Å². The van der Waals surface area contributed by atoms with Crippen LogP contribution in [0.15, 0.2) is 23.8 Å². The average molecular weight is 330 g/mol. The number of hydrogen-bond acceptors (Lipinski definition) is 6. The molecule has 120 valence electrons. The smallest absolute Gasteiger partial charge is 0.255 e. The van der Waals surface area contributed by atoms with Gasteiger partial charge in [0.1, 0.15) is 5.01 Å². The summed E-state index contributed by atoms with van der Waals surface area (Å²) in [6.07, 6.45) is 3.25. The van der Waals surface area contributed by atoms with Crippen molar-refractivity contribution in [3.8, 4) is 0 Å². The standard InChI is InChI=1S/C15H18N6OS/c1-10-12(6-16-13-4-5-18-21(10)13)15(22)17-7-14-19-11(9-23-14)8-20(2)3/h4-6,9H,7-8H2,1-3H3,(H,17,22). The highest BCUT2D eigenvalue weighted by Gasteiger charge is 2.13. The Balaban J connectivity index is 1.68. The molecule has 0 fully saturated rings. The van der Waals surface area contributed by atoms with Crippen molar-refractivity contribution in [3.05, 3.63) is 45.8 Å². The highest BCUT2D eigenvalue weighted by molar-refractivity contribution is 7.09. The van der Waals surface area contributed by atoms with Gasteiger partial charge >= 0.3 is 0 Å². The zero-order valence-electron chi connectivity index (χ0n) is 13.3. The maximum Gasteiger partial charge on any atom is 0.255 e. The Kier molecular flexibility index (Phi) is 4.35. The molecule has 0 aliphatic heterocycles. The van der Waals surface area contributed by atoms with Gasteiger partial charge in [-0.2, -0.15) is 5.10 Å². The van der Waals surface area contributed by atoms with E-state index in [-0.39, 0.29) is 5.91 Å². The summed E-state index contributed by atoms with van der Waals surface area (Å²) in [6, 6.07) is 1.80. The number of carbonyl (C=O) groups excluding carboxylic acids is 1. The average Bonchev–Trinajstić information content (AvgIpc) is 3.14. The Morgan fingerprint density at radius 2 is 2.26 bits per heavy atom. The van der Waals surface area contributed by atoms with Gasteiger partial charge in [-0.05, 0) is 21.0 Å². The van der Waals surface area contributed by atoms with Crippen LogP contribution in [0.25, 0.3) is 5.65 Å². The van der Waals surface area contributed by atoms with Crippen molar-refractivity contribution in [2.45, 2.75) is 20.0 Å². The van der Waals surface area contributed by atoms with E-state index < -0.39 is 0 Å². The number of aromatic nitrogens is 4. The molecule has 1 N–H and O–H groups in total. The Morgan fingerprint density at radius 3 is 3.04 bits per heavy atom. The molecular weight excluding hydrogens is 312 g/mol. The van der Waals surface area contributed by atoms with Gasteiger partial charge in [0.05, 0.1) is 29.7 Å². The number of fused-ring (bicyclic) bond motifs is 1. The van der Waals surface area contributed by atoms with E-state index in [4.69, 9.17) is 0 Å². The molecule has 0 saturated heterocycles. The first kappa shape index (κ1) is 15.6. The zero-order chi connectivity index (χ0) is 16.4. The van der Waals surface area contributed by atoms with Crippen LogP contribution in [0.2, 0.25) is 0 Å². The molecule has 8 heteroatoms. The van der Waals surface area contributed by atoms with Crippen LogP contribution in [0.1, 0.15) is 26.8 Å². The molecule has 0 unspecified atom stereocenters. The van der Waals surface area contributed by atoms with E-state index in [0.717, 1.165) is 28.6 Å². The minimum atomic E-state index is -0.170. The topological polar surface area (TPSA) is 75.4 Å². The first-order valence-electron chi connectivity index (χ1n) is 7.20. The lowest BCUT2D eigenvalue weighted by Crippen LogP contribution is -2.24. The number of hydrogen-bond donors (Lipinski definition) is 1. The third-order valence-electron chi connectivity index (χ3n) is 3.38. The zero-order valence-corrected chi connectivity index (χ0v) is 14.1. The van der Waals surface area contributed by atoms with E-state index in [2.05, 4.69) is 25.3 Å². The molecule has 0 bridgehead atoms. The van der Waals surface area contributed by atoms with Gasteiger partial charge < -0.3 is 10.2 Å². The summed E-state index contributed by atoms with van der Waals surface area (Å²) in [4.78, 5) is 23.2. The second kappa shape index (κ2) is 6.43. The minimum absolute atomic E-state index is 0.170. The Hall–Kier alpha value is -2.32. The lowest BCUT2D eigenvalue weighted by Gasteiger charge is -2.07. The number of nitrogens with zero attached hydrogens (tertiary/aromatic N) is 5. The van der Waals surface area contributed by atoms with Gasteiger partial charge in [0, 0.05) is 24.2 Å². The molecule has 3 heterocycles. The first-order chi connectivity index (χ1) is 11.0. The molecule has 0 aromatic carbocycles. The number of rotatable bonds is 5. The van der Waals surface area contributed by atoms with Crippen LogP contribution in [0, 0.1) is 6.92 Å². The number of carbonyl (C=O) groups is 1. The quantitative estimate of drug-likeness (QED) is 0.767. The fourth-order valence-corrected chi connectivity index (χ4v) is 3.02. The van der Waals surface area contributed by atoms with Crippen LogP contribution in [-0.4, -0.2) is 44.5 Å². The van der Waals surface area contributed by atoms with Crippen molar-refractivity contribution in [2.75, 3.05) is 14.1 Å². The van der Waals surface area contributed by atoms with Gasteiger partial charge in [-0.15, -0.1) is 11.3 Å². The minimum Gasteiger partial charge on any atom is -0.345 e. The van der Waals surface area contributed by atoms with Crippen molar-refractivity contribution >= 4 is 22.9 Å². The van der Waals surface area contributed by atoms with E-state index >= 15 is 0 Å². The maximum absolute atomic E-state index is 12.4. The summed E-state index contributed by atoms with van der Waals surface area (Å²) in [5, 5.41) is 9.97. The lowest BCUT2D eigenvalue weighted by molar-refractivity contribution is 0.0949. The first-order valence-corrected chi connectivity index (χ1v) is 8.08. The van der Waals surface area contributed by atoms with Crippen molar-refractivity contribution in [3.63, 3.8) is 0 Å². The Bertz CT molecular complexity index is 837. The summed E-state index contributed by atoms with van der Waals surface area (Å²) in [5.74, 6) is -0.170. The summed E-state index contributed by atoms with van der Waals surface area (Å²) in [6.45, 7) is 3.06. The number of thiazole rings is 1. The van der Waals surface area contributed by atoms with Crippen LogP contribution < -0.4 is 5.32 Å². The molecule has 0 aliphatic rings. The van der Waals surface area contributed by atoms with Crippen LogP contribution in [0.4, 0.5) is 0 Å². The molecule has 23 heavy (non-hydrogen) atoms. The lowest BCUT2D eigenvalue weighted by atomic mass is 10.2. The second-order valence-corrected chi connectivity index (χ2v) is 6.45. The third-order valence-corrected chi connectivity index (χ3v) is 4.28. The van der Waals surface area contributed by atoms with Gasteiger partial charge in [0.2, 0.25) is 0 Å². The molecule has 3 rings (SSSR count). The fraction of sp³-hybridized carbons (Fsp3) is 0.333. The van der Waals surface area contributed by atoms with Crippen molar-refractivity contribution in [2.24, 2.45) is 0 Å². The highest BCUT2D eigenvalue weighted by atomic mass is 32.1. The molecule has 0 spiro atoms. The molecular formula is C15H18N6OS. The molecule has 1 amide bonds. The maximum atomic E-state index is 12.4. The molecule has 3 aromatic rings. The Morgan fingerprint density at radius 1 is 1.43 bits per heavy atom. The van der Waals surface area contributed by atoms with Gasteiger partial charge in [0.15, 0.2) is 5.65 Å². The highest BCUT2D eigenvalue weighted by Crippen LogP contribution is 2.12. The van der Waals surface area contributed by atoms with E-state index in [1.165, 1.54) is 0 Å². The normalized spacial score (nSPS) is 11.3. The van der Waals surface area contributed by atoms with Gasteiger partial charge in [0.25, 0.3) is 5.91 Å². The summed E-state index contributed by atoms with van der Waals surface area (Å²) in [7, 11) is 4.00. The van der Waals surface area contributed by atoms with Gasteiger partial charge in [-0.3, -0.25) is 4.79 Å². The molecule has 0 aliphatic carbocycles. The molecule has 0 atom stereocenters. The Labute approximate surface area is 138 Å². The van der Waals surface area contributed by atoms with E-state index in [1.54, 1.807) is 34.3 Å². The van der Waals surface area contributed by atoms with Crippen LogP contribution in [0.5, 0.6) is 0 Å². The van der Waals surface area contributed by atoms with E-state index in [9.17, 15) is 4.79 Å². The SMILES string of the molecule is Cc1c(C(=O)NCc2nc(CN(C)C)cs2)cnc2ccnn12. The number of amides is 1. The van der Waals surface area contributed by atoms with Crippen molar-refractivity contribution < 1.29 is 4.79 Å². The van der Waals surface area contributed by atoms with Gasteiger partial charge in [-0.25, -0.2) is 14.5 Å². The number of aryl methyl sites for hydroxylation is 1. The molecule has 0 saturated carbocycles. The molecule has 7 nitrogen and oxygen atoms in total. The van der Waals surface area contributed by atoms with Crippen LogP contribution >= 0.6 is 11.3 Å². The number of nitrogens with one attached hydrogen (secondary N) is 1. The summed E-state index contributed by atoms with van der Waals surface area (Å²) >= 11 is 1.55. The summed E-state index contributed by atoms with van der Waals surface area (Å²) in [5.41, 5.74) is 3.03. The van der Waals surface area contributed by atoms with Gasteiger partial charge in [-0.1, -0.05) is 0 Å². The largest absolute Gasteiger partial charge is 0.345 e. The molecule has 0 radical (unpaired) electrons. The van der Waals surface area contributed by atoms with Crippen molar-refractivity contribution in [1.29, 1.82) is 0 Å². The van der Waals surface area contributed by atoms with Crippen LogP contribution in [0.3, 0.4) is 0 Å². The summed E-state index contributed by atoms with van der Waals surface area (Å²) < 4.78 is 1.66. The monoisotopic (exact) mass is 330 g/mol. The second-order valence-electron chi connectivity index (χ2n) is 5.51. The fourth-order valence-electron chi connectivity index (χ4n) is 2.29. The van der Waals surface area contributed by atoms with Crippen molar-refractivity contribution in [1.82, 2.24) is 29.8 Å². The predicted molar refractivity (Wildman–Crippen MR) is 88.4 cm³/mol.